The van der Waals surface area contributed by atoms with E-state index in [4.69, 9.17) is 9.47 Å². The van der Waals surface area contributed by atoms with Gasteiger partial charge >= 0.3 is 5.97 Å². The Labute approximate surface area is 232 Å². The molecule has 0 radical (unpaired) electrons. The van der Waals surface area contributed by atoms with Crippen molar-refractivity contribution in [3.8, 4) is 5.75 Å². The predicted octanol–water partition coefficient (Wildman–Crippen LogP) is 6.32. The lowest BCUT2D eigenvalue weighted by Crippen LogP contribution is -2.17. The Morgan fingerprint density at radius 3 is 2.55 bits per heavy atom. The first kappa shape index (κ1) is 28.2. The molecular formula is C28H36N4O4S2. The van der Waals surface area contributed by atoms with E-state index in [1.165, 1.54) is 33.5 Å². The molecule has 10 heteroatoms. The minimum Gasteiger partial charge on any atom is -0.483 e. The van der Waals surface area contributed by atoms with Crippen LogP contribution in [-0.4, -0.2) is 39.0 Å². The molecule has 8 nitrogen and oxygen atoms in total. The Balaban J connectivity index is 1.39. The molecule has 3 aromatic rings. The molecule has 1 amide bonds. The molecule has 0 spiro atoms. The van der Waals surface area contributed by atoms with E-state index in [9.17, 15) is 9.59 Å². The lowest BCUT2D eigenvalue weighted by molar-refractivity contribution is -0.113. The van der Waals surface area contributed by atoms with Crippen LogP contribution in [0.4, 0.5) is 5.00 Å². The molecule has 1 atom stereocenters. The van der Waals surface area contributed by atoms with Gasteiger partial charge in [0, 0.05) is 11.9 Å². The van der Waals surface area contributed by atoms with Gasteiger partial charge in [-0.05, 0) is 68.7 Å². The van der Waals surface area contributed by atoms with Crippen LogP contribution in [0.15, 0.2) is 29.4 Å². The maximum Gasteiger partial charge on any atom is 0.341 e. The van der Waals surface area contributed by atoms with E-state index < -0.39 is 0 Å². The van der Waals surface area contributed by atoms with Gasteiger partial charge in [0.2, 0.25) is 5.91 Å². The minimum absolute atomic E-state index is 0.142. The lowest BCUT2D eigenvalue weighted by Gasteiger charge is -2.15. The standard InChI is InChI=1S/C28H36N4O4S2/c1-6-35-27(34)24-21-10-8-7-9-11-22(21)38-26(24)29-23(33)16-37-28-31-30-25(32(28)5)18(4)36-20-14-12-19(13-15-20)17(2)3/h12-15,17-18H,6-11,16H2,1-5H3,(H,29,33). The topological polar surface area (TPSA) is 95.3 Å². The van der Waals surface area contributed by atoms with E-state index in [1.807, 2.05) is 30.7 Å². The zero-order valence-electron chi connectivity index (χ0n) is 22.7. The Kier molecular flexibility index (Phi) is 9.49. The van der Waals surface area contributed by atoms with Gasteiger partial charge in [-0.3, -0.25) is 4.79 Å². The van der Waals surface area contributed by atoms with Crippen molar-refractivity contribution < 1.29 is 19.1 Å². The average molecular weight is 557 g/mol. The zero-order valence-corrected chi connectivity index (χ0v) is 24.3. The van der Waals surface area contributed by atoms with Gasteiger partial charge < -0.3 is 19.4 Å². The molecule has 204 valence electrons. The SMILES string of the molecule is CCOC(=O)c1c(NC(=O)CSc2nnc(C(C)Oc3ccc(C(C)C)cc3)n2C)sc2c1CCCCC2. The van der Waals surface area contributed by atoms with Gasteiger partial charge in [0.1, 0.15) is 10.8 Å². The van der Waals surface area contributed by atoms with Crippen molar-refractivity contribution in [3.05, 3.63) is 51.7 Å². The number of thioether (sulfide) groups is 1. The summed E-state index contributed by atoms with van der Waals surface area (Å²) in [4.78, 5) is 26.8. The Morgan fingerprint density at radius 1 is 1.11 bits per heavy atom. The molecule has 1 aliphatic rings. The van der Waals surface area contributed by atoms with E-state index in [0.717, 1.165) is 43.4 Å². The molecule has 0 fully saturated rings. The number of benzene rings is 1. The number of esters is 1. The molecule has 2 heterocycles. The molecule has 0 saturated heterocycles. The Morgan fingerprint density at radius 2 is 1.84 bits per heavy atom. The van der Waals surface area contributed by atoms with Crippen LogP contribution >= 0.6 is 23.1 Å². The first-order chi connectivity index (χ1) is 18.3. The summed E-state index contributed by atoms with van der Waals surface area (Å²) in [6.45, 7) is 8.34. The summed E-state index contributed by atoms with van der Waals surface area (Å²) in [6, 6.07) is 8.08. The molecular weight excluding hydrogens is 520 g/mol. The second-order valence-corrected chi connectivity index (χ2v) is 11.8. The number of ether oxygens (including phenoxy) is 2. The minimum atomic E-state index is -0.361. The quantitative estimate of drug-likeness (QED) is 0.177. The molecule has 1 N–H and O–H groups in total. The summed E-state index contributed by atoms with van der Waals surface area (Å²) in [6.07, 6.45) is 4.75. The van der Waals surface area contributed by atoms with Crippen molar-refractivity contribution in [2.75, 3.05) is 17.7 Å². The highest BCUT2D eigenvalue weighted by molar-refractivity contribution is 7.99. The summed E-state index contributed by atoms with van der Waals surface area (Å²) in [5, 5.41) is 12.8. The van der Waals surface area contributed by atoms with Crippen molar-refractivity contribution in [3.63, 3.8) is 0 Å². The van der Waals surface area contributed by atoms with Crippen LogP contribution < -0.4 is 10.1 Å². The first-order valence-corrected chi connectivity index (χ1v) is 15.0. The number of aryl methyl sites for hydroxylation is 1. The number of aromatic nitrogens is 3. The fourth-order valence-electron chi connectivity index (χ4n) is 4.54. The molecule has 0 saturated carbocycles. The van der Waals surface area contributed by atoms with E-state index in [2.05, 4.69) is 41.5 Å². The molecule has 1 aliphatic carbocycles. The van der Waals surface area contributed by atoms with Gasteiger partial charge in [-0.15, -0.1) is 21.5 Å². The zero-order chi connectivity index (χ0) is 27.2. The van der Waals surface area contributed by atoms with Crippen LogP contribution in [0, 0.1) is 0 Å². The summed E-state index contributed by atoms with van der Waals surface area (Å²) in [5.74, 6) is 1.49. The van der Waals surface area contributed by atoms with E-state index in [1.54, 1.807) is 6.92 Å². The summed E-state index contributed by atoms with van der Waals surface area (Å²) in [7, 11) is 1.87. The number of carbonyl (C=O) groups excluding carboxylic acids is 2. The number of carbonyl (C=O) groups is 2. The molecule has 1 aromatic carbocycles. The number of hydrogen-bond acceptors (Lipinski definition) is 8. The van der Waals surface area contributed by atoms with Crippen LogP contribution in [-0.2, 0) is 29.4 Å². The van der Waals surface area contributed by atoms with Gasteiger partial charge in [-0.2, -0.15) is 0 Å². The highest BCUT2D eigenvalue weighted by Crippen LogP contribution is 2.38. The highest BCUT2D eigenvalue weighted by atomic mass is 32.2. The molecule has 0 aliphatic heterocycles. The monoisotopic (exact) mass is 556 g/mol. The third kappa shape index (κ3) is 6.58. The van der Waals surface area contributed by atoms with Crippen LogP contribution in [0.3, 0.4) is 0 Å². The Bertz CT molecular complexity index is 1270. The first-order valence-electron chi connectivity index (χ1n) is 13.2. The number of fused-ring (bicyclic) bond motifs is 1. The Hall–Kier alpha value is -2.85. The number of anilines is 1. The average Bonchev–Trinajstić information content (AvgIpc) is 3.33. The molecule has 2 aromatic heterocycles. The van der Waals surface area contributed by atoms with E-state index in [0.29, 0.717) is 34.1 Å². The van der Waals surface area contributed by atoms with Crippen LogP contribution in [0.1, 0.15) is 91.2 Å². The number of nitrogens with zero attached hydrogens (tertiary/aromatic N) is 3. The normalized spacial score (nSPS) is 14.1. The molecule has 4 rings (SSSR count). The second kappa shape index (κ2) is 12.8. The van der Waals surface area contributed by atoms with Crippen LogP contribution in [0.5, 0.6) is 5.75 Å². The number of hydrogen-bond donors (Lipinski definition) is 1. The van der Waals surface area contributed by atoms with Crippen molar-refractivity contribution in [1.29, 1.82) is 0 Å². The smallest absolute Gasteiger partial charge is 0.341 e. The largest absolute Gasteiger partial charge is 0.483 e. The van der Waals surface area contributed by atoms with Gasteiger partial charge in [0.25, 0.3) is 0 Å². The third-order valence-corrected chi connectivity index (χ3v) is 8.81. The van der Waals surface area contributed by atoms with Crippen LogP contribution in [0.2, 0.25) is 0 Å². The predicted molar refractivity (Wildman–Crippen MR) is 151 cm³/mol. The molecule has 1 unspecified atom stereocenters. The summed E-state index contributed by atoms with van der Waals surface area (Å²) < 4.78 is 13.3. The van der Waals surface area contributed by atoms with E-state index in [-0.39, 0.29) is 23.7 Å². The van der Waals surface area contributed by atoms with E-state index >= 15 is 0 Å². The third-order valence-electron chi connectivity index (χ3n) is 6.58. The fourth-order valence-corrected chi connectivity index (χ4v) is 6.55. The highest BCUT2D eigenvalue weighted by Gasteiger charge is 2.27. The van der Waals surface area contributed by atoms with Crippen molar-refractivity contribution >= 4 is 40.0 Å². The molecule has 38 heavy (non-hydrogen) atoms. The number of thiophene rings is 1. The van der Waals surface area contributed by atoms with Gasteiger partial charge in [-0.1, -0.05) is 44.2 Å². The maximum atomic E-state index is 12.9. The molecule has 0 bridgehead atoms. The number of nitrogens with one attached hydrogen (secondary N) is 1. The van der Waals surface area contributed by atoms with Crippen molar-refractivity contribution in [1.82, 2.24) is 14.8 Å². The maximum absolute atomic E-state index is 12.9. The van der Waals surface area contributed by atoms with Crippen LogP contribution in [0.25, 0.3) is 0 Å². The van der Waals surface area contributed by atoms with Gasteiger partial charge in [-0.25, -0.2) is 4.79 Å². The number of amides is 1. The lowest BCUT2D eigenvalue weighted by atomic mass is 10.0. The van der Waals surface area contributed by atoms with Crippen molar-refractivity contribution in [2.24, 2.45) is 7.05 Å². The van der Waals surface area contributed by atoms with Gasteiger partial charge in [0.05, 0.1) is 17.9 Å². The second-order valence-electron chi connectivity index (χ2n) is 9.71. The summed E-state index contributed by atoms with van der Waals surface area (Å²) >= 11 is 2.80. The summed E-state index contributed by atoms with van der Waals surface area (Å²) in [5.41, 5.74) is 2.83. The fraction of sp³-hybridized carbons (Fsp3) is 0.500. The van der Waals surface area contributed by atoms with Gasteiger partial charge in [0.15, 0.2) is 17.1 Å². The van der Waals surface area contributed by atoms with Crippen molar-refractivity contribution in [2.45, 2.75) is 77.0 Å². The number of rotatable bonds is 10.